The molecule has 0 radical (unpaired) electrons. The number of halogens is 4. The number of hydrogen-bond acceptors (Lipinski definition) is 1. The van der Waals surface area contributed by atoms with Gasteiger partial charge in [0.05, 0.1) is 6.42 Å². The zero-order chi connectivity index (χ0) is 7.49. The molecule has 5 heteroatoms. The van der Waals surface area contributed by atoms with Crippen molar-refractivity contribution >= 4 is 26.4 Å². The Hall–Kier alpha value is 0.190. The fourth-order valence-electron chi connectivity index (χ4n) is 0.240. The summed E-state index contributed by atoms with van der Waals surface area (Å²) in [7, 11) is 0. The number of carbonyl (C=O) groups excluding carboxylic acids is 1. The third-order valence-electron chi connectivity index (χ3n) is 0.605. The van der Waals surface area contributed by atoms with Crippen molar-refractivity contribution < 1.29 is 18.0 Å². The highest BCUT2D eigenvalue weighted by atomic mass is 127. The van der Waals surface area contributed by atoms with Crippen molar-refractivity contribution in [3.63, 3.8) is 0 Å². The molecule has 0 N–H and O–H groups in total. The minimum atomic E-state index is -4.19. The van der Waals surface area contributed by atoms with Crippen LogP contribution < -0.4 is 0 Å². The van der Waals surface area contributed by atoms with Crippen LogP contribution in [-0.4, -0.2) is 9.97 Å². The van der Waals surface area contributed by atoms with Crippen LogP contribution in [0.3, 0.4) is 0 Å². The van der Waals surface area contributed by atoms with Gasteiger partial charge in [0, 0.05) is 6.42 Å². The predicted molar refractivity (Wildman–Crippen MR) is 34.3 cm³/mol. The van der Waals surface area contributed by atoms with Crippen molar-refractivity contribution in [1.82, 2.24) is 0 Å². The quantitative estimate of drug-likeness (QED) is 0.544. The van der Waals surface area contributed by atoms with Crippen LogP contribution in [-0.2, 0) is 4.79 Å². The van der Waals surface area contributed by atoms with Crippen LogP contribution in [0.5, 0.6) is 0 Å². The van der Waals surface area contributed by atoms with Crippen molar-refractivity contribution in [2.45, 2.75) is 19.0 Å². The van der Waals surface area contributed by atoms with Gasteiger partial charge in [-0.25, -0.2) is 0 Å². The molecule has 0 unspecified atom stereocenters. The van der Waals surface area contributed by atoms with Crippen LogP contribution in [0, 0.1) is 0 Å². The minimum Gasteiger partial charge on any atom is -0.288 e. The molecule has 0 aromatic heterocycles. The van der Waals surface area contributed by atoms with Crippen LogP contribution in [0.2, 0.25) is 0 Å². The standard InChI is InChI=1S/C4H4F3IO/c5-4(6,7)2-1-3(8)9/h1-2H2. The first-order valence-electron chi connectivity index (χ1n) is 2.17. The second-order valence-corrected chi connectivity index (χ2v) is 2.67. The molecule has 0 aliphatic carbocycles. The lowest BCUT2D eigenvalue weighted by Gasteiger charge is -2.01. The highest BCUT2D eigenvalue weighted by Gasteiger charge is 2.27. The Morgan fingerprint density at radius 1 is 1.44 bits per heavy atom. The Morgan fingerprint density at radius 3 is 2.00 bits per heavy atom. The maximum absolute atomic E-state index is 11.3. The van der Waals surface area contributed by atoms with Crippen molar-refractivity contribution in [1.29, 1.82) is 0 Å². The minimum absolute atomic E-state index is 0.413. The first kappa shape index (κ1) is 9.19. The summed E-state index contributed by atoms with van der Waals surface area (Å²) in [5, 5.41) is 0. The molecule has 0 rings (SSSR count). The maximum Gasteiger partial charge on any atom is 0.389 e. The van der Waals surface area contributed by atoms with E-state index in [0.29, 0.717) is 0 Å². The molecular formula is C4H4F3IO. The van der Waals surface area contributed by atoms with Crippen molar-refractivity contribution in [3.05, 3.63) is 0 Å². The van der Waals surface area contributed by atoms with Gasteiger partial charge in [-0.15, -0.1) is 0 Å². The topological polar surface area (TPSA) is 17.1 Å². The Bertz CT molecular complexity index is 109. The van der Waals surface area contributed by atoms with E-state index in [9.17, 15) is 18.0 Å². The molecule has 0 aliphatic heterocycles. The van der Waals surface area contributed by atoms with Crippen LogP contribution >= 0.6 is 22.6 Å². The van der Waals surface area contributed by atoms with E-state index < -0.39 is 22.8 Å². The number of hydrogen-bond donors (Lipinski definition) is 0. The van der Waals surface area contributed by atoms with Gasteiger partial charge in [0.2, 0.25) is 0 Å². The molecule has 0 saturated heterocycles. The van der Waals surface area contributed by atoms with Crippen LogP contribution in [0.1, 0.15) is 12.8 Å². The van der Waals surface area contributed by atoms with Gasteiger partial charge in [0.15, 0.2) is 3.79 Å². The number of alkyl halides is 3. The molecule has 0 spiro atoms. The SMILES string of the molecule is O=C(I)CCC(F)(F)F. The van der Waals surface area contributed by atoms with E-state index in [0.717, 1.165) is 0 Å². The van der Waals surface area contributed by atoms with Gasteiger partial charge in [-0.1, -0.05) is 0 Å². The molecule has 0 aliphatic rings. The summed E-state index contributed by atoms with van der Waals surface area (Å²) in [6.45, 7) is 0. The Morgan fingerprint density at radius 2 is 1.89 bits per heavy atom. The van der Waals surface area contributed by atoms with E-state index in [1.807, 2.05) is 0 Å². The van der Waals surface area contributed by atoms with Gasteiger partial charge < -0.3 is 0 Å². The summed E-state index contributed by atoms with van der Waals surface area (Å²) in [5.74, 6) is 0. The molecule has 54 valence electrons. The third-order valence-corrected chi connectivity index (χ3v) is 1.14. The summed E-state index contributed by atoms with van der Waals surface area (Å²) in [5.41, 5.74) is 0. The zero-order valence-electron chi connectivity index (χ0n) is 4.33. The average Bonchev–Trinajstić information content (AvgIpc) is 1.59. The molecule has 0 aromatic carbocycles. The second kappa shape index (κ2) is 3.38. The number of carbonyl (C=O) groups is 1. The monoisotopic (exact) mass is 252 g/mol. The lowest BCUT2D eigenvalue weighted by Crippen LogP contribution is -2.07. The fraction of sp³-hybridized carbons (Fsp3) is 0.750. The maximum atomic E-state index is 11.3. The molecule has 0 amide bonds. The van der Waals surface area contributed by atoms with E-state index in [-0.39, 0.29) is 0 Å². The summed E-state index contributed by atoms with van der Waals surface area (Å²) < 4.78 is 33.3. The molecule has 0 bridgehead atoms. The summed E-state index contributed by atoms with van der Waals surface area (Å²) >= 11 is 1.34. The lowest BCUT2D eigenvalue weighted by molar-refractivity contribution is -0.139. The molecule has 0 atom stereocenters. The van der Waals surface area contributed by atoms with E-state index in [1.165, 1.54) is 22.6 Å². The predicted octanol–water partition coefficient (Wildman–Crippen LogP) is 2.29. The Balaban J connectivity index is 3.39. The lowest BCUT2D eigenvalue weighted by atomic mass is 10.3. The average molecular weight is 252 g/mol. The fourth-order valence-corrected chi connectivity index (χ4v) is 0.510. The van der Waals surface area contributed by atoms with Crippen LogP contribution in [0.25, 0.3) is 0 Å². The van der Waals surface area contributed by atoms with Gasteiger partial charge >= 0.3 is 6.18 Å². The van der Waals surface area contributed by atoms with Crippen LogP contribution in [0.4, 0.5) is 13.2 Å². The smallest absolute Gasteiger partial charge is 0.288 e. The van der Waals surface area contributed by atoms with Gasteiger partial charge in [-0.3, -0.25) is 4.79 Å². The zero-order valence-corrected chi connectivity index (χ0v) is 6.49. The Kier molecular flexibility index (Phi) is 3.45. The highest BCUT2D eigenvalue weighted by molar-refractivity contribution is 14.1. The summed E-state index contributed by atoms with van der Waals surface area (Å²) in [6, 6.07) is 0. The van der Waals surface area contributed by atoms with E-state index in [1.54, 1.807) is 0 Å². The molecule has 0 heterocycles. The van der Waals surface area contributed by atoms with Gasteiger partial charge in [0.25, 0.3) is 0 Å². The van der Waals surface area contributed by atoms with Crippen molar-refractivity contribution in [2.24, 2.45) is 0 Å². The summed E-state index contributed by atoms with van der Waals surface area (Å²) in [6.07, 6.45) is -5.61. The first-order valence-corrected chi connectivity index (χ1v) is 3.25. The molecule has 9 heavy (non-hydrogen) atoms. The second-order valence-electron chi connectivity index (χ2n) is 1.47. The highest BCUT2D eigenvalue weighted by Crippen LogP contribution is 2.21. The van der Waals surface area contributed by atoms with Gasteiger partial charge in [-0.2, -0.15) is 13.2 Å². The van der Waals surface area contributed by atoms with Crippen LogP contribution in [0.15, 0.2) is 0 Å². The molecule has 0 saturated carbocycles. The first-order chi connectivity index (χ1) is 3.92. The molecule has 1 nitrogen and oxygen atoms in total. The van der Waals surface area contributed by atoms with Gasteiger partial charge in [0.1, 0.15) is 0 Å². The number of rotatable bonds is 2. The van der Waals surface area contributed by atoms with E-state index in [2.05, 4.69) is 0 Å². The van der Waals surface area contributed by atoms with Crippen molar-refractivity contribution in [2.75, 3.05) is 0 Å². The van der Waals surface area contributed by atoms with Gasteiger partial charge in [-0.05, 0) is 22.6 Å². The largest absolute Gasteiger partial charge is 0.389 e. The molecule has 0 aromatic rings. The Labute approximate surface area is 63.8 Å². The van der Waals surface area contributed by atoms with Crippen molar-refractivity contribution in [3.8, 4) is 0 Å². The summed E-state index contributed by atoms with van der Waals surface area (Å²) in [4.78, 5) is 9.98. The van der Waals surface area contributed by atoms with E-state index >= 15 is 0 Å². The normalized spacial score (nSPS) is 11.6. The molecular weight excluding hydrogens is 248 g/mol. The third kappa shape index (κ3) is 8.19. The van der Waals surface area contributed by atoms with E-state index in [4.69, 9.17) is 0 Å². The molecule has 0 fully saturated rings.